The molecule has 0 fully saturated rings. The Hall–Kier alpha value is -1.82. The van der Waals surface area contributed by atoms with E-state index in [0.29, 0.717) is 10.5 Å². The Labute approximate surface area is 84.4 Å². The van der Waals surface area contributed by atoms with E-state index >= 15 is 0 Å². The van der Waals surface area contributed by atoms with Crippen molar-refractivity contribution in [3.8, 4) is 0 Å². The van der Waals surface area contributed by atoms with Crippen LogP contribution < -0.4 is 11.5 Å². The molecule has 0 saturated heterocycles. The molecule has 0 saturated carbocycles. The molecule has 1 aromatic heterocycles. The van der Waals surface area contributed by atoms with E-state index in [9.17, 15) is 4.79 Å². The Morgan fingerprint density at radius 2 is 2.29 bits per heavy atom. The summed E-state index contributed by atoms with van der Waals surface area (Å²) in [6.45, 7) is 0. The summed E-state index contributed by atoms with van der Waals surface area (Å²) in [4.78, 5) is 14.9. The molecule has 0 atom stereocenters. The third kappa shape index (κ3) is 2.11. The van der Waals surface area contributed by atoms with Crippen molar-refractivity contribution < 1.29 is 9.90 Å². The topological polar surface area (TPSA) is 102 Å². The second-order valence-corrected chi connectivity index (χ2v) is 3.35. The lowest BCUT2D eigenvalue weighted by Crippen LogP contribution is -1.92. The molecule has 0 aromatic carbocycles. The van der Waals surface area contributed by atoms with E-state index in [-0.39, 0.29) is 5.01 Å². The van der Waals surface area contributed by atoms with Crippen molar-refractivity contribution in [2.45, 2.75) is 0 Å². The molecule has 0 aliphatic rings. The van der Waals surface area contributed by atoms with Crippen LogP contribution in [-0.4, -0.2) is 16.1 Å². The van der Waals surface area contributed by atoms with Crippen molar-refractivity contribution in [2.24, 2.45) is 11.5 Å². The van der Waals surface area contributed by atoms with Gasteiger partial charge in [-0.2, -0.15) is 0 Å². The van der Waals surface area contributed by atoms with Gasteiger partial charge in [0, 0.05) is 18.0 Å². The molecule has 1 aromatic rings. The summed E-state index contributed by atoms with van der Waals surface area (Å²) in [5.74, 6) is -1.05. The number of nitrogens with zero attached hydrogens (tertiary/aromatic N) is 1. The Bertz CT molecular complexity index is 395. The molecule has 1 rings (SSSR count). The van der Waals surface area contributed by atoms with Crippen LogP contribution in [0, 0.1) is 0 Å². The number of carboxylic acids is 1. The highest BCUT2D eigenvalue weighted by atomic mass is 32.1. The van der Waals surface area contributed by atoms with E-state index < -0.39 is 5.97 Å². The molecule has 0 spiro atoms. The highest BCUT2D eigenvalue weighted by molar-refractivity contribution is 7.14. The number of aromatic carboxylic acids is 1. The van der Waals surface area contributed by atoms with Crippen LogP contribution in [0.2, 0.25) is 0 Å². The molecule has 5 nitrogen and oxygen atoms in total. The quantitative estimate of drug-likeness (QED) is 0.636. The number of thiazole rings is 1. The Morgan fingerprint density at radius 3 is 2.71 bits per heavy atom. The van der Waals surface area contributed by atoms with Crippen molar-refractivity contribution in [1.82, 2.24) is 4.98 Å². The van der Waals surface area contributed by atoms with Gasteiger partial charge in [-0.15, -0.1) is 11.3 Å². The number of aromatic nitrogens is 1. The average molecular weight is 211 g/mol. The third-order valence-corrected chi connectivity index (χ3v) is 2.46. The fourth-order valence-corrected chi connectivity index (χ4v) is 1.59. The molecule has 0 unspecified atom stereocenters. The van der Waals surface area contributed by atoms with Crippen LogP contribution in [-0.2, 0) is 0 Å². The van der Waals surface area contributed by atoms with Crippen molar-refractivity contribution in [1.29, 1.82) is 0 Å². The number of rotatable bonds is 3. The van der Waals surface area contributed by atoms with E-state index in [2.05, 4.69) is 4.98 Å². The number of allylic oxidation sites excluding steroid dienone is 2. The molecule has 14 heavy (non-hydrogen) atoms. The fraction of sp³-hybridized carbons (Fsp3) is 0. The molecule has 0 aliphatic carbocycles. The number of carboxylic acid groups (broad SMARTS) is 1. The minimum absolute atomic E-state index is 0.0322. The van der Waals surface area contributed by atoms with Gasteiger partial charge in [-0.05, 0) is 12.3 Å². The highest BCUT2D eigenvalue weighted by Gasteiger charge is 2.10. The summed E-state index contributed by atoms with van der Waals surface area (Å²) >= 11 is 1.05. The second kappa shape index (κ2) is 4.43. The lowest BCUT2D eigenvalue weighted by atomic mass is 10.2. The van der Waals surface area contributed by atoms with Gasteiger partial charge in [0.25, 0.3) is 0 Å². The van der Waals surface area contributed by atoms with Crippen LogP contribution in [0.5, 0.6) is 0 Å². The fourth-order valence-electron chi connectivity index (χ4n) is 0.830. The van der Waals surface area contributed by atoms with Gasteiger partial charge >= 0.3 is 5.97 Å². The number of nitrogens with two attached hydrogens (primary N) is 2. The van der Waals surface area contributed by atoms with Gasteiger partial charge in [0.05, 0.1) is 4.88 Å². The van der Waals surface area contributed by atoms with Crippen molar-refractivity contribution >= 4 is 22.9 Å². The molecular weight excluding hydrogens is 202 g/mol. The lowest BCUT2D eigenvalue weighted by molar-refractivity contribution is 0.0696. The van der Waals surface area contributed by atoms with Crippen molar-refractivity contribution in [2.75, 3.05) is 0 Å². The van der Waals surface area contributed by atoms with Crippen LogP contribution in [0.1, 0.15) is 14.7 Å². The molecule has 0 bridgehead atoms. The van der Waals surface area contributed by atoms with Gasteiger partial charge in [-0.1, -0.05) is 0 Å². The Balaban J connectivity index is 3.01. The predicted octanol–water partition coefficient (Wildman–Crippen LogP) is 0.613. The Morgan fingerprint density at radius 1 is 1.57 bits per heavy atom. The largest absolute Gasteiger partial charge is 0.476 e. The third-order valence-electron chi connectivity index (χ3n) is 1.43. The molecule has 74 valence electrons. The van der Waals surface area contributed by atoms with E-state index in [0.717, 1.165) is 11.3 Å². The molecule has 0 radical (unpaired) electrons. The standard InChI is InChI=1S/C8H9N3O2S/c9-2-1-5(3-10)6-4-11-7(14-6)8(12)13/h1-4H,9-10H2,(H,12,13)/b2-1-,5-3+. The maximum absolute atomic E-state index is 10.5. The summed E-state index contributed by atoms with van der Waals surface area (Å²) in [6.07, 6.45) is 5.72. The summed E-state index contributed by atoms with van der Waals surface area (Å²) in [6, 6.07) is 0. The maximum Gasteiger partial charge on any atom is 0.365 e. The normalized spacial score (nSPS) is 12.1. The molecule has 6 heteroatoms. The van der Waals surface area contributed by atoms with Gasteiger partial charge in [0.15, 0.2) is 0 Å². The van der Waals surface area contributed by atoms with E-state index in [1.807, 2.05) is 0 Å². The summed E-state index contributed by atoms with van der Waals surface area (Å²) in [5.41, 5.74) is 11.2. The molecule has 0 aliphatic heterocycles. The van der Waals surface area contributed by atoms with Crippen molar-refractivity contribution in [3.05, 3.63) is 34.6 Å². The van der Waals surface area contributed by atoms with E-state index in [1.54, 1.807) is 6.08 Å². The van der Waals surface area contributed by atoms with Gasteiger partial charge in [0.2, 0.25) is 5.01 Å². The Kier molecular flexibility index (Phi) is 3.24. The van der Waals surface area contributed by atoms with Crippen LogP contribution >= 0.6 is 11.3 Å². The molecule has 1 heterocycles. The molecule has 5 N–H and O–H groups in total. The van der Waals surface area contributed by atoms with Crippen LogP contribution in [0.4, 0.5) is 0 Å². The number of carbonyl (C=O) groups is 1. The molecular formula is C8H9N3O2S. The lowest BCUT2D eigenvalue weighted by Gasteiger charge is -1.93. The van der Waals surface area contributed by atoms with Gasteiger partial charge in [-0.25, -0.2) is 9.78 Å². The number of hydrogen-bond acceptors (Lipinski definition) is 5. The predicted molar refractivity (Wildman–Crippen MR) is 54.6 cm³/mol. The van der Waals surface area contributed by atoms with Gasteiger partial charge in [-0.3, -0.25) is 0 Å². The van der Waals surface area contributed by atoms with Crippen molar-refractivity contribution in [3.63, 3.8) is 0 Å². The smallest absolute Gasteiger partial charge is 0.365 e. The van der Waals surface area contributed by atoms with Gasteiger partial charge < -0.3 is 16.6 Å². The zero-order valence-electron chi connectivity index (χ0n) is 7.18. The SMILES string of the molecule is N/C=C\C(=C/N)c1cnc(C(=O)O)s1. The van der Waals surface area contributed by atoms with Crippen LogP contribution in [0.25, 0.3) is 5.57 Å². The van der Waals surface area contributed by atoms with Crippen LogP contribution in [0.15, 0.2) is 24.7 Å². The summed E-state index contributed by atoms with van der Waals surface area (Å²) in [5, 5.41) is 8.67. The first kappa shape index (κ1) is 10.3. The highest BCUT2D eigenvalue weighted by Crippen LogP contribution is 2.21. The maximum atomic E-state index is 10.5. The zero-order valence-corrected chi connectivity index (χ0v) is 7.99. The summed E-state index contributed by atoms with van der Waals surface area (Å²) < 4.78 is 0. The first-order chi connectivity index (χ1) is 6.69. The monoisotopic (exact) mass is 211 g/mol. The second-order valence-electron chi connectivity index (χ2n) is 2.32. The van der Waals surface area contributed by atoms with Crippen LogP contribution in [0.3, 0.4) is 0 Å². The van der Waals surface area contributed by atoms with E-state index in [4.69, 9.17) is 16.6 Å². The number of hydrogen-bond donors (Lipinski definition) is 3. The zero-order chi connectivity index (χ0) is 10.6. The first-order valence-corrected chi connectivity index (χ1v) is 4.50. The van der Waals surface area contributed by atoms with Gasteiger partial charge in [0.1, 0.15) is 0 Å². The average Bonchev–Trinajstić information content (AvgIpc) is 2.63. The minimum Gasteiger partial charge on any atom is -0.476 e. The van der Waals surface area contributed by atoms with E-state index in [1.165, 1.54) is 18.6 Å². The molecule has 0 amide bonds. The first-order valence-electron chi connectivity index (χ1n) is 3.68. The minimum atomic E-state index is -1.05. The summed E-state index contributed by atoms with van der Waals surface area (Å²) in [7, 11) is 0.